The molecule has 1 aromatic carbocycles. The molecule has 3 heteroatoms. The van der Waals surface area contributed by atoms with Crippen LogP contribution < -0.4 is 5.32 Å². The average Bonchev–Trinajstić information content (AvgIpc) is 2.68. The van der Waals surface area contributed by atoms with Crippen LogP contribution in [0.15, 0.2) is 29.6 Å². The van der Waals surface area contributed by atoms with Crippen molar-refractivity contribution in [2.24, 2.45) is 0 Å². The zero-order chi connectivity index (χ0) is 13.1. The van der Waals surface area contributed by atoms with Gasteiger partial charge in [-0.3, -0.25) is 0 Å². The van der Waals surface area contributed by atoms with Crippen molar-refractivity contribution in [2.75, 3.05) is 0 Å². The monoisotopic (exact) mass is 279 g/mol. The van der Waals surface area contributed by atoms with Crippen molar-refractivity contribution in [1.29, 1.82) is 0 Å². The highest BCUT2D eigenvalue weighted by atomic mass is 35.5. The molecular weight excluding hydrogens is 262 g/mol. The lowest BCUT2D eigenvalue weighted by Crippen LogP contribution is -2.21. The summed E-state index contributed by atoms with van der Waals surface area (Å²) < 4.78 is 0. The molecule has 1 nitrogen and oxygen atoms in total. The van der Waals surface area contributed by atoms with Crippen molar-refractivity contribution in [3.8, 4) is 11.1 Å². The standard InChI is InChI=1S/C15H18ClNS/c1-10(2)17-8-13-9-18-11(3)15(13)12-5-4-6-14(16)7-12/h4-7,9-10,17H,8H2,1-3H3. The first-order chi connectivity index (χ1) is 8.58. The summed E-state index contributed by atoms with van der Waals surface area (Å²) in [5.41, 5.74) is 3.89. The second-order valence-corrected chi connectivity index (χ2v) is 6.26. The zero-order valence-electron chi connectivity index (χ0n) is 11.0. The third kappa shape index (κ3) is 3.14. The summed E-state index contributed by atoms with van der Waals surface area (Å²) in [6, 6.07) is 8.58. The Morgan fingerprint density at radius 2 is 2.11 bits per heavy atom. The van der Waals surface area contributed by atoms with Gasteiger partial charge < -0.3 is 5.32 Å². The summed E-state index contributed by atoms with van der Waals surface area (Å²) >= 11 is 7.88. The molecule has 1 N–H and O–H groups in total. The highest BCUT2D eigenvalue weighted by Crippen LogP contribution is 2.33. The quantitative estimate of drug-likeness (QED) is 0.841. The topological polar surface area (TPSA) is 12.0 Å². The minimum atomic E-state index is 0.498. The van der Waals surface area contributed by atoms with Gasteiger partial charge in [-0.25, -0.2) is 0 Å². The molecule has 0 spiro atoms. The van der Waals surface area contributed by atoms with E-state index in [1.165, 1.54) is 21.6 Å². The van der Waals surface area contributed by atoms with E-state index in [9.17, 15) is 0 Å². The average molecular weight is 280 g/mol. The van der Waals surface area contributed by atoms with E-state index >= 15 is 0 Å². The number of nitrogens with one attached hydrogen (secondary N) is 1. The first kappa shape index (κ1) is 13.6. The first-order valence-electron chi connectivity index (χ1n) is 6.14. The van der Waals surface area contributed by atoms with E-state index in [2.05, 4.69) is 37.5 Å². The third-order valence-corrected chi connectivity index (χ3v) is 4.06. The first-order valence-corrected chi connectivity index (χ1v) is 7.40. The normalized spacial score (nSPS) is 11.2. The second-order valence-electron chi connectivity index (χ2n) is 4.74. The van der Waals surface area contributed by atoms with E-state index < -0.39 is 0 Å². The smallest absolute Gasteiger partial charge is 0.0412 e. The predicted molar refractivity (Wildman–Crippen MR) is 81.5 cm³/mol. The molecule has 0 amide bonds. The second kappa shape index (κ2) is 5.87. The Morgan fingerprint density at radius 3 is 2.78 bits per heavy atom. The van der Waals surface area contributed by atoms with Crippen LogP contribution in [0.5, 0.6) is 0 Å². The van der Waals surface area contributed by atoms with Crippen LogP contribution >= 0.6 is 22.9 Å². The van der Waals surface area contributed by atoms with Crippen LogP contribution in [0, 0.1) is 6.92 Å². The van der Waals surface area contributed by atoms with Crippen LogP contribution in [-0.2, 0) is 6.54 Å². The van der Waals surface area contributed by atoms with Crippen molar-refractivity contribution in [3.05, 3.63) is 45.1 Å². The van der Waals surface area contributed by atoms with Gasteiger partial charge in [0.15, 0.2) is 0 Å². The molecule has 96 valence electrons. The molecule has 0 atom stereocenters. The van der Waals surface area contributed by atoms with E-state index in [1.807, 2.05) is 18.2 Å². The van der Waals surface area contributed by atoms with Gasteiger partial charge >= 0.3 is 0 Å². The van der Waals surface area contributed by atoms with Crippen molar-refractivity contribution < 1.29 is 0 Å². The fourth-order valence-electron chi connectivity index (χ4n) is 1.98. The Hall–Kier alpha value is -0.830. The Kier molecular flexibility index (Phi) is 4.44. The number of rotatable bonds is 4. The Balaban J connectivity index is 2.34. The molecule has 0 bridgehead atoms. The molecule has 0 fully saturated rings. The molecule has 0 unspecified atom stereocenters. The summed E-state index contributed by atoms with van der Waals surface area (Å²) in [5, 5.41) is 6.50. The third-order valence-electron chi connectivity index (χ3n) is 2.87. The largest absolute Gasteiger partial charge is 0.310 e. The van der Waals surface area contributed by atoms with E-state index in [4.69, 9.17) is 11.6 Å². The van der Waals surface area contributed by atoms with Gasteiger partial charge in [0.1, 0.15) is 0 Å². The van der Waals surface area contributed by atoms with E-state index in [0.717, 1.165) is 11.6 Å². The van der Waals surface area contributed by atoms with Crippen LogP contribution in [0.2, 0.25) is 5.02 Å². The molecule has 0 saturated heterocycles. The Bertz CT molecular complexity index is 531. The lowest BCUT2D eigenvalue weighted by Gasteiger charge is -2.10. The Labute approximate surface area is 118 Å². The maximum absolute atomic E-state index is 6.08. The van der Waals surface area contributed by atoms with Gasteiger partial charge in [-0.2, -0.15) is 0 Å². The summed E-state index contributed by atoms with van der Waals surface area (Å²) in [6.45, 7) is 7.40. The van der Waals surface area contributed by atoms with Crippen LogP contribution in [0.4, 0.5) is 0 Å². The van der Waals surface area contributed by atoms with Gasteiger partial charge in [0, 0.05) is 22.5 Å². The van der Waals surface area contributed by atoms with Gasteiger partial charge in [-0.15, -0.1) is 11.3 Å². The summed E-state index contributed by atoms with van der Waals surface area (Å²) in [6.07, 6.45) is 0. The minimum absolute atomic E-state index is 0.498. The van der Waals surface area contributed by atoms with Crippen LogP contribution in [-0.4, -0.2) is 6.04 Å². The summed E-state index contributed by atoms with van der Waals surface area (Å²) in [7, 11) is 0. The van der Waals surface area contributed by atoms with Crippen LogP contribution in [0.1, 0.15) is 24.3 Å². The fraction of sp³-hybridized carbons (Fsp3) is 0.333. The molecule has 0 aliphatic rings. The maximum Gasteiger partial charge on any atom is 0.0412 e. The highest BCUT2D eigenvalue weighted by Gasteiger charge is 2.11. The van der Waals surface area contributed by atoms with Crippen molar-refractivity contribution in [3.63, 3.8) is 0 Å². The maximum atomic E-state index is 6.08. The van der Waals surface area contributed by atoms with Crippen LogP contribution in [0.25, 0.3) is 11.1 Å². The molecule has 2 rings (SSSR count). The molecule has 0 saturated carbocycles. The van der Waals surface area contributed by atoms with Crippen molar-refractivity contribution in [1.82, 2.24) is 5.32 Å². The number of thiophene rings is 1. The predicted octanol–water partition coefficient (Wildman–Crippen LogP) is 4.87. The lowest BCUT2D eigenvalue weighted by atomic mass is 10.0. The number of halogens is 1. The van der Waals surface area contributed by atoms with E-state index in [-0.39, 0.29) is 0 Å². The molecule has 0 aliphatic carbocycles. The minimum Gasteiger partial charge on any atom is -0.310 e. The van der Waals surface area contributed by atoms with E-state index in [0.29, 0.717) is 6.04 Å². The molecule has 0 radical (unpaired) electrons. The number of aryl methyl sites for hydroxylation is 1. The molecule has 1 heterocycles. The Morgan fingerprint density at radius 1 is 1.33 bits per heavy atom. The van der Waals surface area contributed by atoms with Crippen LogP contribution in [0.3, 0.4) is 0 Å². The zero-order valence-corrected chi connectivity index (χ0v) is 12.5. The van der Waals surface area contributed by atoms with Gasteiger partial charge in [0.2, 0.25) is 0 Å². The molecule has 2 aromatic rings. The fourth-order valence-corrected chi connectivity index (χ4v) is 3.06. The highest BCUT2D eigenvalue weighted by molar-refractivity contribution is 7.10. The van der Waals surface area contributed by atoms with Gasteiger partial charge in [0.25, 0.3) is 0 Å². The van der Waals surface area contributed by atoms with Gasteiger partial charge in [-0.05, 0) is 41.1 Å². The van der Waals surface area contributed by atoms with Gasteiger partial charge in [-0.1, -0.05) is 37.6 Å². The number of benzene rings is 1. The van der Waals surface area contributed by atoms with Crippen molar-refractivity contribution >= 4 is 22.9 Å². The molecule has 18 heavy (non-hydrogen) atoms. The lowest BCUT2D eigenvalue weighted by molar-refractivity contribution is 0.590. The summed E-state index contributed by atoms with van der Waals surface area (Å²) in [4.78, 5) is 1.35. The van der Waals surface area contributed by atoms with Gasteiger partial charge in [0.05, 0.1) is 0 Å². The molecule has 1 aromatic heterocycles. The van der Waals surface area contributed by atoms with E-state index in [1.54, 1.807) is 11.3 Å². The molecule has 0 aliphatic heterocycles. The summed E-state index contributed by atoms with van der Waals surface area (Å²) in [5.74, 6) is 0. The van der Waals surface area contributed by atoms with Crippen molar-refractivity contribution in [2.45, 2.75) is 33.4 Å². The molecular formula is C15H18ClNS. The number of hydrogen-bond donors (Lipinski definition) is 1. The SMILES string of the molecule is Cc1scc(CNC(C)C)c1-c1cccc(Cl)c1. The number of hydrogen-bond acceptors (Lipinski definition) is 2.